The summed E-state index contributed by atoms with van der Waals surface area (Å²) in [6.07, 6.45) is 11.4. The first-order valence-electron chi connectivity index (χ1n) is 7.94. The van der Waals surface area contributed by atoms with Crippen molar-refractivity contribution in [1.82, 2.24) is 10.2 Å². The molecule has 0 radical (unpaired) electrons. The number of likely N-dealkylation sites (tertiary alicyclic amines) is 1. The summed E-state index contributed by atoms with van der Waals surface area (Å²) in [5, 5.41) is 3.79. The molecule has 1 aliphatic carbocycles. The summed E-state index contributed by atoms with van der Waals surface area (Å²) in [7, 11) is 0. The van der Waals surface area contributed by atoms with Gasteiger partial charge in [-0.2, -0.15) is 0 Å². The van der Waals surface area contributed by atoms with Gasteiger partial charge < -0.3 is 9.73 Å². The predicted molar refractivity (Wildman–Crippen MR) is 77.1 cm³/mol. The Bertz CT molecular complexity index is 351. The van der Waals surface area contributed by atoms with Gasteiger partial charge in [0.15, 0.2) is 0 Å². The molecule has 1 aromatic rings. The molecule has 1 unspecified atom stereocenters. The topological polar surface area (TPSA) is 28.4 Å². The first-order valence-corrected chi connectivity index (χ1v) is 7.94. The Morgan fingerprint density at radius 3 is 2.63 bits per heavy atom. The van der Waals surface area contributed by atoms with Gasteiger partial charge >= 0.3 is 0 Å². The summed E-state index contributed by atoms with van der Waals surface area (Å²) in [4.78, 5) is 2.58. The third kappa shape index (κ3) is 3.40. The van der Waals surface area contributed by atoms with Crippen molar-refractivity contribution in [3.63, 3.8) is 0 Å². The van der Waals surface area contributed by atoms with Crippen LogP contribution in [0.1, 0.15) is 56.7 Å². The quantitative estimate of drug-likeness (QED) is 0.882. The molecule has 1 aromatic heterocycles. The molecule has 1 N–H and O–H groups in total. The van der Waals surface area contributed by atoms with Crippen LogP contribution < -0.4 is 5.32 Å². The molecule has 0 spiro atoms. The van der Waals surface area contributed by atoms with Crippen molar-refractivity contribution < 1.29 is 4.42 Å². The van der Waals surface area contributed by atoms with E-state index in [0.29, 0.717) is 6.04 Å². The maximum atomic E-state index is 5.67. The molecule has 106 valence electrons. The molecule has 0 amide bonds. The third-order valence-corrected chi connectivity index (χ3v) is 4.66. The maximum absolute atomic E-state index is 5.67. The van der Waals surface area contributed by atoms with E-state index >= 15 is 0 Å². The Morgan fingerprint density at radius 2 is 1.95 bits per heavy atom. The minimum absolute atomic E-state index is 0.430. The second kappa shape index (κ2) is 6.58. The second-order valence-corrected chi connectivity index (χ2v) is 6.02. The van der Waals surface area contributed by atoms with Crippen molar-refractivity contribution in [2.75, 3.05) is 19.6 Å². The molecule has 1 aliphatic heterocycles. The number of nitrogens with zero attached hydrogens (tertiary/aromatic N) is 1. The van der Waals surface area contributed by atoms with E-state index in [9.17, 15) is 0 Å². The maximum Gasteiger partial charge on any atom is 0.122 e. The van der Waals surface area contributed by atoms with E-state index in [4.69, 9.17) is 4.42 Å². The zero-order valence-corrected chi connectivity index (χ0v) is 11.8. The summed E-state index contributed by atoms with van der Waals surface area (Å²) >= 11 is 0. The van der Waals surface area contributed by atoms with Crippen LogP contribution in [0.3, 0.4) is 0 Å². The number of furan rings is 1. The molecule has 1 atom stereocenters. The van der Waals surface area contributed by atoms with E-state index in [-0.39, 0.29) is 0 Å². The van der Waals surface area contributed by atoms with Crippen LogP contribution in [0.2, 0.25) is 0 Å². The minimum atomic E-state index is 0.430. The van der Waals surface area contributed by atoms with Crippen molar-refractivity contribution in [2.24, 2.45) is 0 Å². The van der Waals surface area contributed by atoms with Gasteiger partial charge in [-0.1, -0.05) is 19.3 Å². The Balaban J connectivity index is 1.58. The van der Waals surface area contributed by atoms with Gasteiger partial charge in [0, 0.05) is 12.6 Å². The molecule has 3 nitrogen and oxygen atoms in total. The first-order chi connectivity index (χ1) is 9.43. The molecule has 0 bridgehead atoms. The van der Waals surface area contributed by atoms with Crippen molar-refractivity contribution in [3.05, 3.63) is 24.2 Å². The molecular formula is C16H26N2O. The lowest BCUT2D eigenvalue weighted by Crippen LogP contribution is -2.39. The molecular weight excluding hydrogens is 236 g/mol. The average molecular weight is 262 g/mol. The van der Waals surface area contributed by atoms with E-state index in [1.807, 2.05) is 6.07 Å². The van der Waals surface area contributed by atoms with Crippen LogP contribution in [0.25, 0.3) is 0 Å². The molecule has 2 fully saturated rings. The Hall–Kier alpha value is -0.800. The lowest BCUT2D eigenvalue weighted by atomic mass is 9.95. The van der Waals surface area contributed by atoms with Crippen molar-refractivity contribution >= 4 is 0 Å². The van der Waals surface area contributed by atoms with Gasteiger partial charge in [0.1, 0.15) is 5.76 Å². The molecule has 3 heteroatoms. The fraction of sp³-hybridized carbons (Fsp3) is 0.750. The van der Waals surface area contributed by atoms with Crippen molar-refractivity contribution in [1.29, 1.82) is 0 Å². The fourth-order valence-corrected chi connectivity index (χ4v) is 3.53. The highest BCUT2D eigenvalue weighted by Gasteiger charge is 2.26. The van der Waals surface area contributed by atoms with Crippen LogP contribution in [0.5, 0.6) is 0 Å². The molecule has 2 heterocycles. The Labute approximate surface area is 116 Å². The van der Waals surface area contributed by atoms with Crippen LogP contribution in [0.15, 0.2) is 22.8 Å². The van der Waals surface area contributed by atoms with E-state index in [0.717, 1.165) is 18.3 Å². The molecule has 3 rings (SSSR count). The second-order valence-electron chi connectivity index (χ2n) is 6.02. The number of rotatable bonds is 5. The fourth-order valence-electron chi connectivity index (χ4n) is 3.53. The first kappa shape index (κ1) is 13.2. The smallest absolute Gasteiger partial charge is 0.122 e. The lowest BCUT2D eigenvalue weighted by molar-refractivity contribution is 0.199. The highest BCUT2D eigenvalue weighted by molar-refractivity contribution is 5.06. The van der Waals surface area contributed by atoms with E-state index in [1.165, 1.54) is 58.0 Å². The summed E-state index contributed by atoms with van der Waals surface area (Å²) in [6.45, 7) is 3.48. The molecule has 1 saturated heterocycles. The van der Waals surface area contributed by atoms with Crippen molar-refractivity contribution in [3.8, 4) is 0 Å². The molecule has 0 aromatic carbocycles. The average Bonchev–Trinajstić information content (AvgIpc) is 3.13. The van der Waals surface area contributed by atoms with Gasteiger partial charge in [-0.3, -0.25) is 4.90 Å². The highest BCUT2D eigenvalue weighted by Crippen LogP contribution is 2.26. The van der Waals surface area contributed by atoms with Gasteiger partial charge in [-0.05, 0) is 50.9 Å². The molecule has 1 saturated carbocycles. The minimum Gasteiger partial charge on any atom is -0.468 e. The van der Waals surface area contributed by atoms with E-state index in [1.54, 1.807) is 6.26 Å². The van der Waals surface area contributed by atoms with Gasteiger partial charge in [-0.25, -0.2) is 0 Å². The zero-order valence-electron chi connectivity index (χ0n) is 11.8. The van der Waals surface area contributed by atoms with Crippen LogP contribution in [0.4, 0.5) is 0 Å². The summed E-state index contributed by atoms with van der Waals surface area (Å²) < 4.78 is 5.67. The number of hydrogen-bond acceptors (Lipinski definition) is 3. The van der Waals surface area contributed by atoms with Crippen LogP contribution in [0, 0.1) is 0 Å². The van der Waals surface area contributed by atoms with Crippen LogP contribution in [-0.2, 0) is 0 Å². The third-order valence-electron chi connectivity index (χ3n) is 4.66. The summed E-state index contributed by atoms with van der Waals surface area (Å²) in [5.41, 5.74) is 0. The Morgan fingerprint density at radius 1 is 1.16 bits per heavy atom. The van der Waals surface area contributed by atoms with Gasteiger partial charge in [0.2, 0.25) is 0 Å². The molecule has 19 heavy (non-hydrogen) atoms. The number of nitrogens with one attached hydrogen (secondary N) is 1. The van der Waals surface area contributed by atoms with Crippen LogP contribution in [-0.4, -0.2) is 30.6 Å². The van der Waals surface area contributed by atoms with Crippen molar-refractivity contribution in [2.45, 2.75) is 57.0 Å². The monoisotopic (exact) mass is 262 g/mol. The standard InChI is InChI=1S/C16H26N2O/c1-2-7-14(8-3-1)17-13-15(16-9-6-12-19-16)18-10-4-5-11-18/h6,9,12,14-15,17H,1-5,7-8,10-11,13H2. The van der Waals surface area contributed by atoms with Crippen LogP contribution >= 0.6 is 0 Å². The number of hydrogen-bond donors (Lipinski definition) is 1. The normalized spacial score (nSPS) is 23.8. The zero-order chi connectivity index (χ0) is 12.9. The van der Waals surface area contributed by atoms with Gasteiger partial charge in [-0.15, -0.1) is 0 Å². The van der Waals surface area contributed by atoms with E-state index in [2.05, 4.69) is 16.3 Å². The summed E-state index contributed by atoms with van der Waals surface area (Å²) in [5.74, 6) is 1.13. The molecule has 2 aliphatic rings. The largest absolute Gasteiger partial charge is 0.468 e. The van der Waals surface area contributed by atoms with E-state index < -0.39 is 0 Å². The SMILES string of the molecule is c1coc(C(CNC2CCCCC2)N2CCCC2)c1. The summed E-state index contributed by atoms with van der Waals surface area (Å²) in [6, 6.07) is 5.30. The lowest BCUT2D eigenvalue weighted by Gasteiger charge is -2.29. The highest BCUT2D eigenvalue weighted by atomic mass is 16.3. The van der Waals surface area contributed by atoms with Gasteiger partial charge in [0.25, 0.3) is 0 Å². The predicted octanol–water partition coefficient (Wildman–Crippen LogP) is 3.34. The van der Waals surface area contributed by atoms with Gasteiger partial charge in [0.05, 0.1) is 12.3 Å². The Kier molecular flexibility index (Phi) is 4.57.